The molecule has 0 saturated heterocycles. The van der Waals surface area contributed by atoms with Crippen LogP contribution in [-0.4, -0.2) is 35.5 Å². The van der Waals surface area contributed by atoms with Gasteiger partial charge < -0.3 is 13.6 Å². The highest BCUT2D eigenvalue weighted by Crippen LogP contribution is 2.19. The molecular formula is C19H34O4Si2. The Hall–Kier alpha value is -0.956. The predicted molar refractivity (Wildman–Crippen MR) is 108 cm³/mol. The third-order valence-corrected chi connectivity index (χ3v) is 5.24. The number of carbonyl (C=O) groups is 1. The Morgan fingerprint density at radius 2 is 1.44 bits per heavy atom. The molecule has 0 amide bonds. The minimum Gasteiger partial charge on any atom is -0.462 e. The summed E-state index contributed by atoms with van der Waals surface area (Å²) in [6, 6.07) is 9.11. The van der Waals surface area contributed by atoms with Crippen molar-refractivity contribution in [3.05, 3.63) is 35.9 Å². The van der Waals surface area contributed by atoms with Crippen LogP contribution >= 0.6 is 0 Å². The van der Waals surface area contributed by atoms with Crippen LogP contribution in [0.25, 0.3) is 0 Å². The summed E-state index contributed by atoms with van der Waals surface area (Å²) in [6.07, 6.45) is 3.70. The third kappa shape index (κ3) is 11.3. The average molecular weight is 383 g/mol. The number of hydrogen-bond donors (Lipinski definition) is 0. The predicted octanol–water partition coefficient (Wildman–Crippen LogP) is 5.43. The molecule has 0 saturated carbocycles. The van der Waals surface area contributed by atoms with E-state index in [2.05, 4.69) is 39.3 Å². The van der Waals surface area contributed by atoms with E-state index < -0.39 is 16.6 Å². The lowest BCUT2D eigenvalue weighted by molar-refractivity contribution is -0.0156. The maximum absolute atomic E-state index is 11.8. The molecule has 0 aliphatic rings. The zero-order valence-corrected chi connectivity index (χ0v) is 18.6. The van der Waals surface area contributed by atoms with Gasteiger partial charge in [0.05, 0.1) is 12.2 Å². The van der Waals surface area contributed by atoms with Gasteiger partial charge in [-0.3, -0.25) is 0 Å². The minimum absolute atomic E-state index is 0.0924. The van der Waals surface area contributed by atoms with Gasteiger partial charge in [0.2, 0.25) is 0 Å². The van der Waals surface area contributed by atoms with Gasteiger partial charge >= 0.3 is 5.97 Å². The molecule has 0 N–H and O–H groups in total. The summed E-state index contributed by atoms with van der Waals surface area (Å²) in [6.45, 7) is 13.6. The topological polar surface area (TPSA) is 44.8 Å². The number of benzene rings is 1. The van der Waals surface area contributed by atoms with Gasteiger partial charge in [0.15, 0.2) is 16.6 Å². The highest BCUT2D eigenvalue weighted by molar-refractivity contribution is 6.70. The molecule has 0 unspecified atom stereocenters. The molecule has 0 aromatic heterocycles. The van der Waals surface area contributed by atoms with Crippen LogP contribution < -0.4 is 0 Å². The highest BCUT2D eigenvalue weighted by Gasteiger charge is 2.26. The monoisotopic (exact) mass is 382 g/mol. The van der Waals surface area contributed by atoms with Crippen LogP contribution in [-0.2, 0) is 13.6 Å². The first-order valence-electron chi connectivity index (χ1n) is 9.15. The van der Waals surface area contributed by atoms with Crippen LogP contribution in [0.15, 0.2) is 30.3 Å². The fourth-order valence-electron chi connectivity index (χ4n) is 2.34. The van der Waals surface area contributed by atoms with Crippen LogP contribution in [0.5, 0.6) is 0 Å². The summed E-state index contributed by atoms with van der Waals surface area (Å²) in [5, 5.41) is 0. The smallest absolute Gasteiger partial charge is 0.338 e. The maximum Gasteiger partial charge on any atom is 0.338 e. The Bertz CT molecular complexity index is 490. The van der Waals surface area contributed by atoms with Crippen LogP contribution in [0.2, 0.25) is 39.3 Å². The van der Waals surface area contributed by atoms with Crippen LogP contribution in [0, 0.1) is 0 Å². The van der Waals surface area contributed by atoms with Crippen molar-refractivity contribution in [1.29, 1.82) is 0 Å². The summed E-state index contributed by atoms with van der Waals surface area (Å²) in [5.41, 5.74) is 0.606. The molecule has 1 aromatic carbocycles. The van der Waals surface area contributed by atoms with Crippen molar-refractivity contribution >= 4 is 22.6 Å². The van der Waals surface area contributed by atoms with Gasteiger partial charge in [0.25, 0.3) is 0 Å². The SMILES string of the molecule is C[Si](C)(C)OC(CCCCCOC(=O)c1ccccc1)O[Si](C)(C)C. The van der Waals surface area contributed by atoms with Gasteiger partial charge in [-0.2, -0.15) is 0 Å². The van der Waals surface area contributed by atoms with Crippen molar-refractivity contribution in [2.45, 2.75) is 71.3 Å². The Labute approximate surface area is 155 Å². The van der Waals surface area contributed by atoms with E-state index in [1.165, 1.54) is 0 Å². The summed E-state index contributed by atoms with van der Waals surface area (Å²) < 4.78 is 17.7. The quantitative estimate of drug-likeness (QED) is 0.221. The summed E-state index contributed by atoms with van der Waals surface area (Å²) in [7, 11) is -3.24. The largest absolute Gasteiger partial charge is 0.462 e. The lowest BCUT2D eigenvalue weighted by Crippen LogP contribution is -2.39. The van der Waals surface area contributed by atoms with Crippen molar-refractivity contribution < 1.29 is 18.4 Å². The van der Waals surface area contributed by atoms with E-state index >= 15 is 0 Å². The molecule has 1 rings (SSSR count). The van der Waals surface area contributed by atoms with E-state index in [4.69, 9.17) is 13.6 Å². The van der Waals surface area contributed by atoms with E-state index in [9.17, 15) is 4.79 Å². The molecular weight excluding hydrogens is 348 g/mol. The maximum atomic E-state index is 11.8. The second-order valence-electron chi connectivity index (χ2n) is 8.24. The van der Waals surface area contributed by atoms with Crippen molar-refractivity contribution in [3.8, 4) is 0 Å². The van der Waals surface area contributed by atoms with Gasteiger partial charge in [0, 0.05) is 0 Å². The molecule has 25 heavy (non-hydrogen) atoms. The first-order chi connectivity index (χ1) is 11.6. The molecule has 1 aromatic rings. The minimum atomic E-state index is -1.62. The van der Waals surface area contributed by atoms with Gasteiger partial charge in [0.1, 0.15) is 6.29 Å². The van der Waals surface area contributed by atoms with Gasteiger partial charge in [-0.05, 0) is 77.1 Å². The standard InChI is InChI=1S/C19H34O4Si2/c1-24(2,3)22-18(23-25(4,5)6)15-11-8-12-16-21-19(20)17-13-9-7-10-14-17/h7,9-10,13-14,18H,8,11-12,15-16H2,1-6H3. The first-order valence-corrected chi connectivity index (χ1v) is 16.0. The van der Waals surface area contributed by atoms with Crippen molar-refractivity contribution in [1.82, 2.24) is 0 Å². The normalized spacial score (nSPS) is 12.4. The molecule has 0 spiro atoms. The molecule has 6 heteroatoms. The molecule has 0 heterocycles. The van der Waals surface area contributed by atoms with E-state index in [0.717, 1.165) is 25.7 Å². The highest BCUT2D eigenvalue weighted by atomic mass is 28.4. The Morgan fingerprint density at radius 1 is 0.880 bits per heavy atom. The third-order valence-electron chi connectivity index (χ3n) is 3.30. The van der Waals surface area contributed by atoms with Crippen molar-refractivity contribution in [2.75, 3.05) is 6.61 Å². The second-order valence-corrected chi connectivity index (χ2v) is 17.2. The van der Waals surface area contributed by atoms with Crippen LogP contribution in [0.4, 0.5) is 0 Å². The van der Waals surface area contributed by atoms with Crippen molar-refractivity contribution in [2.24, 2.45) is 0 Å². The Kier molecular flexibility index (Phi) is 9.06. The van der Waals surface area contributed by atoms with E-state index in [0.29, 0.717) is 12.2 Å². The van der Waals surface area contributed by atoms with Crippen LogP contribution in [0.3, 0.4) is 0 Å². The zero-order valence-electron chi connectivity index (χ0n) is 16.6. The summed E-state index contributed by atoms with van der Waals surface area (Å²) in [5.74, 6) is -0.248. The molecule has 0 aliphatic carbocycles. The zero-order chi connectivity index (χ0) is 18.9. The lowest BCUT2D eigenvalue weighted by Gasteiger charge is -2.31. The van der Waals surface area contributed by atoms with E-state index in [-0.39, 0.29) is 12.3 Å². The molecule has 142 valence electrons. The summed E-state index contributed by atoms with van der Waals surface area (Å²) in [4.78, 5) is 11.8. The van der Waals surface area contributed by atoms with Crippen molar-refractivity contribution in [3.63, 3.8) is 0 Å². The fraction of sp³-hybridized carbons (Fsp3) is 0.632. The molecule has 0 fully saturated rings. The number of rotatable bonds is 11. The van der Waals surface area contributed by atoms with Gasteiger partial charge in [-0.15, -0.1) is 0 Å². The van der Waals surface area contributed by atoms with E-state index in [1.54, 1.807) is 12.1 Å². The number of carbonyl (C=O) groups excluding carboxylic acids is 1. The second kappa shape index (κ2) is 10.3. The Balaban J connectivity index is 2.26. The number of ether oxygens (including phenoxy) is 1. The number of esters is 1. The lowest BCUT2D eigenvalue weighted by atomic mass is 10.2. The Morgan fingerprint density at radius 3 is 1.96 bits per heavy atom. The molecule has 0 aliphatic heterocycles. The number of unbranched alkanes of at least 4 members (excludes halogenated alkanes) is 2. The fourth-order valence-corrected chi connectivity index (χ4v) is 4.35. The van der Waals surface area contributed by atoms with Gasteiger partial charge in [-0.1, -0.05) is 18.2 Å². The average Bonchev–Trinajstić information content (AvgIpc) is 2.48. The number of hydrogen-bond acceptors (Lipinski definition) is 4. The molecule has 0 radical (unpaired) electrons. The van der Waals surface area contributed by atoms with E-state index in [1.807, 2.05) is 18.2 Å². The summed E-state index contributed by atoms with van der Waals surface area (Å²) >= 11 is 0. The molecule has 4 nitrogen and oxygen atoms in total. The molecule has 0 bridgehead atoms. The van der Waals surface area contributed by atoms with Crippen LogP contribution in [0.1, 0.15) is 36.0 Å². The van der Waals surface area contributed by atoms with Gasteiger partial charge in [-0.25, -0.2) is 4.79 Å². The first kappa shape index (κ1) is 22.1. The molecule has 0 atom stereocenters.